The third kappa shape index (κ3) is 23.9. The number of allylic oxidation sites excluding steroid dienone is 2. The van der Waals surface area contributed by atoms with Crippen LogP contribution in [-0.4, -0.2) is 35.2 Å². The van der Waals surface area contributed by atoms with Gasteiger partial charge in [-0.05, 0) is 71.3 Å². The predicted molar refractivity (Wildman–Crippen MR) is 293 cm³/mol. The van der Waals surface area contributed by atoms with E-state index in [4.69, 9.17) is 0 Å². The number of hydrogen-bond acceptors (Lipinski definition) is 5. The van der Waals surface area contributed by atoms with Crippen molar-refractivity contribution in [2.75, 3.05) is 12.3 Å². The maximum atomic E-state index is 10.7. The number of carbonyl (C=O) groups is 2. The normalized spacial score (nSPS) is 14.3. The minimum absolute atomic E-state index is 0. The molecular formula is C37H62FeO4P12S. The van der Waals surface area contributed by atoms with Gasteiger partial charge in [0.15, 0.2) is 11.6 Å². The zero-order valence-electron chi connectivity index (χ0n) is 31.9. The van der Waals surface area contributed by atoms with Crippen molar-refractivity contribution in [2.45, 2.75) is 69.1 Å². The number of fused-ring (bicyclic) bond motifs is 1. The maximum absolute atomic E-state index is 10.7. The Morgan fingerprint density at radius 3 is 1.13 bits per heavy atom. The molecule has 12 unspecified atom stereocenters. The van der Waals surface area contributed by atoms with Crippen molar-refractivity contribution in [3.05, 3.63) is 94.5 Å². The number of Topliss-reactive ketones (excluding diaryl/α,β-unsaturated/α-hetero) is 2. The molecule has 3 aliphatic carbocycles. The summed E-state index contributed by atoms with van der Waals surface area (Å²) in [5.41, 5.74) is 1.18. The quantitative estimate of drug-likeness (QED) is 0.0709. The van der Waals surface area contributed by atoms with Gasteiger partial charge in [-0.2, -0.15) is 0 Å². The first kappa shape index (κ1) is 61.5. The second-order valence-corrected chi connectivity index (χ2v) is 21.3. The molecule has 0 bridgehead atoms. The number of rotatable bonds is 1. The van der Waals surface area contributed by atoms with Crippen LogP contribution >= 0.6 is 122 Å². The first-order valence-corrected chi connectivity index (χ1v) is 25.2. The van der Waals surface area contributed by atoms with E-state index in [1.54, 1.807) is 0 Å². The smallest absolute Gasteiger partial charge is 0.358 e. The molecule has 0 radical (unpaired) electrons. The summed E-state index contributed by atoms with van der Waals surface area (Å²) in [4.78, 5) is 42.0. The Balaban J connectivity index is -0.000000579. The summed E-state index contributed by atoms with van der Waals surface area (Å²) in [5, 5.41) is 7.20. The summed E-state index contributed by atoms with van der Waals surface area (Å²) >= 11 is 1.82. The SMILES string of the molecule is O=C1CC(=O)C(P)=C1P.O=c1c(P)c(P)c1=O.PC1CCCC1.PC1CCCC1.PCCP.Pc1ccccc1P.Pc1sc2ccccc2c1P.[CH3-].[CH3-].[Fe+2]. The minimum Gasteiger partial charge on any atom is -0.358 e. The van der Waals surface area contributed by atoms with Crippen molar-refractivity contribution >= 4 is 175 Å². The molecule has 1 heterocycles. The van der Waals surface area contributed by atoms with Gasteiger partial charge in [0.2, 0.25) is 10.9 Å². The van der Waals surface area contributed by atoms with Crippen molar-refractivity contribution in [1.82, 2.24) is 0 Å². The average Bonchev–Trinajstić information content (AvgIpc) is 3.94. The Bertz CT molecular complexity index is 1720. The van der Waals surface area contributed by atoms with Gasteiger partial charge in [-0.1, -0.05) is 77.4 Å². The molecule has 0 amide bonds. The molecule has 4 aromatic rings. The molecule has 12 atom stereocenters. The van der Waals surface area contributed by atoms with Crippen LogP contribution in [0.5, 0.6) is 0 Å². The van der Waals surface area contributed by atoms with Crippen LogP contribution in [0.15, 0.2) is 68.7 Å². The molecule has 308 valence electrons. The van der Waals surface area contributed by atoms with E-state index in [1.807, 2.05) is 23.5 Å². The van der Waals surface area contributed by atoms with E-state index >= 15 is 0 Å². The van der Waals surface area contributed by atoms with Crippen molar-refractivity contribution in [1.29, 1.82) is 0 Å². The molecule has 18 heteroatoms. The molecular weight excluding hydrogens is 968 g/mol. The van der Waals surface area contributed by atoms with Crippen molar-refractivity contribution in [3.63, 3.8) is 0 Å². The topological polar surface area (TPSA) is 68.3 Å². The van der Waals surface area contributed by atoms with Crippen molar-refractivity contribution < 1.29 is 26.7 Å². The zero-order chi connectivity index (χ0) is 39.4. The minimum atomic E-state index is -0.375. The zero-order valence-corrected chi connectivity index (χ0v) is 47.7. The van der Waals surface area contributed by atoms with Gasteiger partial charge in [-0.3, -0.25) is 19.2 Å². The fourth-order valence-electron chi connectivity index (χ4n) is 4.57. The van der Waals surface area contributed by atoms with Crippen LogP contribution in [0.1, 0.15) is 57.8 Å². The first-order valence-electron chi connectivity index (χ1n) is 16.8. The molecule has 2 saturated carbocycles. The van der Waals surface area contributed by atoms with Gasteiger partial charge in [-0.15, -0.1) is 113 Å². The molecule has 55 heavy (non-hydrogen) atoms. The molecule has 3 aliphatic rings. The molecule has 1 aromatic heterocycles. The molecule has 0 N–H and O–H groups in total. The van der Waals surface area contributed by atoms with Crippen LogP contribution in [0.4, 0.5) is 0 Å². The largest absolute Gasteiger partial charge is 2.00 e. The monoisotopic (exact) mass is 1030 g/mol. The van der Waals surface area contributed by atoms with E-state index in [0.29, 0.717) is 21.2 Å². The molecule has 3 aromatic carbocycles. The third-order valence-electron chi connectivity index (χ3n) is 7.82. The fourth-order valence-corrected chi connectivity index (χ4v) is 8.94. The second-order valence-electron chi connectivity index (χ2n) is 12.0. The van der Waals surface area contributed by atoms with E-state index in [0.717, 1.165) is 11.3 Å². The second kappa shape index (κ2) is 34.8. The van der Waals surface area contributed by atoms with E-state index in [1.165, 1.54) is 94.3 Å². The van der Waals surface area contributed by atoms with Gasteiger partial charge in [0.25, 0.3) is 0 Å². The van der Waals surface area contributed by atoms with E-state index in [-0.39, 0.29) is 60.8 Å². The Hall–Kier alpha value is 2.24. The van der Waals surface area contributed by atoms with Crippen LogP contribution in [0.3, 0.4) is 0 Å². The fraction of sp³-hybridized carbons (Fsp3) is 0.351. The number of hydrogen-bond donors (Lipinski definition) is 0. The number of benzene rings is 2. The summed E-state index contributed by atoms with van der Waals surface area (Å²) in [7, 11) is 30.8. The van der Waals surface area contributed by atoms with Crippen LogP contribution in [0, 0.1) is 14.9 Å². The summed E-state index contributed by atoms with van der Waals surface area (Å²) < 4.78 is 2.68. The summed E-state index contributed by atoms with van der Waals surface area (Å²) in [6.07, 6.45) is 14.1. The Morgan fingerprint density at radius 1 is 0.545 bits per heavy atom. The van der Waals surface area contributed by atoms with Gasteiger partial charge >= 0.3 is 17.1 Å². The number of thiophene rings is 1. The average molecular weight is 1030 g/mol. The van der Waals surface area contributed by atoms with Crippen LogP contribution in [0.2, 0.25) is 0 Å². The summed E-state index contributed by atoms with van der Waals surface area (Å²) in [6.45, 7) is 0. The molecule has 4 nitrogen and oxygen atoms in total. The first-order chi connectivity index (χ1) is 24.6. The van der Waals surface area contributed by atoms with Crippen LogP contribution in [0.25, 0.3) is 10.1 Å². The Kier molecular flexibility index (Phi) is 38.9. The van der Waals surface area contributed by atoms with Gasteiger partial charge < -0.3 is 14.9 Å². The Labute approximate surface area is 374 Å². The van der Waals surface area contributed by atoms with E-state index < -0.39 is 0 Å². The predicted octanol–water partition coefficient (Wildman–Crippen LogP) is 6.61. The molecule has 0 aliphatic heterocycles. The molecule has 0 spiro atoms. The molecule has 7 rings (SSSR count). The molecule has 0 saturated heterocycles. The van der Waals surface area contributed by atoms with E-state index in [2.05, 4.69) is 147 Å². The van der Waals surface area contributed by atoms with Crippen LogP contribution < -0.4 is 42.0 Å². The number of ketones is 2. The standard InChI is InChI=1S/C8H8P2S.C6H8P2.C5H6O2P2.2C5H11P.C4H4O2P2.C2H8P2.2CH3.Fe/c9-7-5-3-1-2-4-6(5)11-8(7)10;7-5-3-1-2-4-6(5)8;6-2-1-3(7)5(9)4(2)8;2*6-5-3-1-2-4-5;5-1-2(6)4(8)3(1)7;3-1-2-4;;;/h1-4H,9-10H2;1-4H,7-8H2;1,8-9H2;2*5H,1-4,6H2;7-8H2;1-4H2;2*1H3;/q;;;;;;;2*-1;+2. The third-order valence-corrected chi connectivity index (χ3v) is 17.8. The van der Waals surface area contributed by atoms with E-state index in [9.17, 15) is 19.2 Å². The van der Waals surface area contributed by atoms with Gasteiger partial charge in [0.05, 0.1) is 6.42 Å². The van der Waals surface area contributed by atoms with Crippen LogP contribution in [-0.2, 0) is 26.7 Å². The van der Waals surface area contributed by atoms with Crippen molar-refractivity contribution in [2.24, 2.45) is 0 Å². The summed E-state index contributed by atoms with van der Waals surface area (Å²) in [6, 6.07) is 16.6. The summed E-state index contributed by atoms with van der Waals surface area (Å²) in [5.74, 6) is -0.148. The maximum Gasteiger partial charge on any atom is 2.00 e. The van der Waals surface area contributed by atoms with Crippen molar-refractivity contribution in [3.8, 4) is 0 Å². The number of carbonyl (C=O) groups excluding carboxylic acids is 2. The van der Waals surface area contributed by atoms with Gasteiger partial charge in [0, 0.05) is 35.9 Å². The molecule has 2 fully saturated rings. The Morgan fingerprint density at radius 2 is 0.891 bits per heavy atom. The van der Waals surface area contributed by atoms with Gasteiger partial charge in [0.1, 0.15) is 0 Å². The van der Waals surface area contributed by atoms with Gasteiger partial charge in [-0.25, -0.2) is 0 Å².